The minimum atomic E-state index is -0.333. The average Bonchev–Trinajstić information content (AvgIpc) is 3.96. The average molecular weight is 838 g/mol. The summed E-state index contributed by atoms with van der Waals surface area (Å²) < 4.78 is 18.7. The summed E-state index contributed by atoms with van der Waals surface area (Å²) in [4.78, 5) is 62.3. The molecule has 61 heavy (non-hydrogen) atoms. The smallest absolute Gasteiger partial charge is 0.226 e. The Labute approximate surface area is 361 Å². The van der Waals surface area contributed by atoms with Crippen LogP contribution in [-0.4, -0.2) is 87.0 Å². The van der Waals surface area contributed by atoms with E-state index in [2.05, 4.69) is 15.6 Å². The molecule has 12 heteroatoms. The number of oxazole rings is 1. The Bertz CT molecular complexity index is 1830. The highest BCUT2D eigenvalue weighted by Crippen LogP contribution is 2.35. The van der Waals surface area contributed by atoms with Crippen molar-refractivity contribution in [2.75, 3.05) is 23.7 Å². The zero-order valence-electron chi connectivity index (χ0n) is 37.2. The predicted molar refractivity (Wildman–Crippen MR) is 237 cm³/mol. The molecule has 330 valence electrons. The maximum atomic E-state index is 13.6. The fourth-order valence-corrected chi connectivity index (χ4v) is 9.82. The number of benzene rings is 2. The number of ether oxygens (including phenoxy) is 2. The van der Waals surface area contributed by atoms with Crippen LogP contribution in [0.15, 0.2) is 59.1 Å². The SMILES string of the molecule is CC(C)(C)O[C@@H]1C[C@@H](CC(=O)Nc2ccc(-c3cnc(-c4ccc(NC(=O)C[C@@H]5C[C@@H](OC(C)(C)C)CN5C(=O)C5CCCCC5)cc4)o3)cc2)N(C(=O)C2CCCCC2)C1. The Morgan fingerprint density at radius 3 is 1.44 bits per heavy atom. The van der Waals surface area contributed by atoms with Crippen LogP contribution >= 0.6 is 0 Å². The Kier molecular flexibility index (Phi) is 14.0. The topological polar surface area (TPSA) is 143 Å². The van der Waals surface area contributed by atoms with Crippen molar-refractivity contribution in [2.24, 2.45) is 11.8 Å². The highest BCUT2D eigenvalue weighted by Gasteiger charge is 2.42. The summed E-state index contributed by atoms with van der Waals surface area (Å²) in [7, 11) is 0. The molecule has 1 aromatic heterocycles. The van der Waals surface area contributed by atoms with Gasteiger partial charge >= 0.3 is 0 Å². The molecule has 4 fully saturated rings. The molecule has 4 atom stereocenters. The quantitative estimate of drug-likeness (QED) is 0.184. The molecule has 4 amide bonds. The monoisotopic (exact) mass is 838 g/mol. The maximum absolute atomic E-state index is 13.6. The summed E-state index contributed by atoms with van der Waals surface area (Å²) in [5, 5.41) is 6.06. The third-order valence-electron chi connectivity index (χ3n) is 12.5. The summed E-state index contributed by atoms with van der Waals surface area (Å²) in [5.74, 6) is 1.15. The first-order valence-corrected chi connectivity index (χ1v) is 22.8. The molecule has 4 aliphatic rings. The highest BCUT2D eigenvalue weighted by molar-refractivity contribution is 5.93. The highest BCUT2D eigenvalue weighted by atomic mass is 16.5. The minimum Gasteiger partial charge on any atom is -0.436 e. The van der Waals surface area contributed by atoms with Crippen molar-refractivity contribution in [3.63, 3.8) is 0 Å². The van der Waals surface area contributed by atoms with Crippen LogP contribution in [0, 0.1) is 11.8 Å². The second-order valence-electron chi connectivity index (χ2n) is 19.8. The van der Waals surface area contributed by atoms with Gasteiger partial charge in [-0.3, -0.25) is 19.2 Å². The standard InChI is InChI=1S/C49H67N5O7/c1-48(2,3)60-40-25-38(53(30-40)46(57)34-13-9-7-10-14-34)27-43(55)51-36-21-17-32(18-22-36)42-29-50-45(59-42)33-19-23-37(24-20-33)52-44(56)28-39-26-41(61-49(4,5)6)31-54(39)47(58)35-15-11-8-12-16-35/h17-24,29,34-35,38-41H,7-16,25-28,30-31H2,1-6H3,(H,51,55)(H,52,56)/t38-,39-,40+,41+/m0/s1. The first-order valence-electron chi connectivity index (χ1n) is 22.8. The normalized spacial score (nSPS) is 23.0. The van der Waals surface area contributed by atoms with Gasteiger partial charge in [0.05, 0.1) is 29.6 Å². The van der Waals surface area contributed by atoms with Crippen molar-refractivity contribution in [1.82, 2.24) is 14.8 Å². The van der Waals surface area contributed by atoms with E-state index in [9.17, 15) is 19.2 Å². The van der Waals surface area contributed by atoms with Crippen molar-refractivity contribution in [3.8, 4) is 22.8 Å². The van der Waals surface area contributed by atoms with Crippen LogP contribution in [0.2, 0.25) is 0 Å². The number of aromatic nitrogens is 1. The molecule has 3 aromatic rings. The largest absolute Gasteiger partial charge is 0.436 e. The van der Waals surface area contributed by atoms with Crippen molar-refractivity contribution < 1.29 is 33.1 Å². The number of nitrogens with one attached hydrogen (secondary N) is 2. The van der Waals surface area contributed by atoms with Crippen LogP contribution in [0.3, 0.4) is 0 Å². The molecular formula is C49H67N5O7. The minimum absolute atomic E-state index is 0.0371. The van der Waals surface area contributed by atoms with E-state index in [1.54, 1.807) is 6.20 Å². The van der Waals surface area contributed by atoms with Gasteiger partial charge in [-0.15, -0.1) is 0 Å². The van der Waals surface area contributed by atoms with Gasteiger partial charge in [0.25, 0.3) is 0 Å². The maximum Gasteiger partial charge on any atom is 0.226 e. The number of likely N-dealkylation sites (tertiary alicyclic amines) is 2. The second kappa shape index (κ2) is 19.2. The molecule has 0 bridgehead atoms. The van der Waals surface area contributed by atoms with Crippen LogP contribution in [-0.2, 0) is 28.7 Å². The molecule has 2 N–H and O–H groups in total. The summed E-state index contributed by atoms with van der Waals surface area (Å²) in [6.07, 6.45) is 13.6. The van der Waals surface area contributed by atoms with E-state index in [1.807, 2.05) is 99.9 Å². The Morgan fingerprint density at radius 1 is 0.623 bits per heavy atom. The zero-order valence-corrected chi connectivity index (χ0v) is 37.2. The van der Waals surface area contributed by atoms with E-state index in [0.29, 0.717) is 49.0 Å². The number of rotatable bonds is 12. The van der Waals surface area contributed by atoms with Gasteiger partial charge in [0.1, 0.15) is 0 Å². The number of amides is 4. The number of nitrogens with zero attached hydrogens (tertiary/aromatic N) is 3. The lowest BCUT2D eigenvalue weighted by molar-refractivity contribution is -0.139. The van der Waals surface area contributed by atoms with Crippen LogP contribution in [0.5, 0.6) is 0 Å². The Balaban J connectivity index is 0.920. The van der Waals surface area contributed by atoms with E-state index < -0.39 is 0 Å². The first-order chi connectivity index (χ1) is 29.1. The molecule has 0 spiro atoms. The first kappa shape index (κ1) is 44.5. The van der Waals surface area contributed by atoms with Crippen LogP contribution in [0.4, 0.5) is 11.4 Å². The van der Waals surface area contributed by atoms with E-state index in [-0.39, 0.29) is 83.8 Å². The number of hydrogen-bond acceptors (Lipinski definition) is 8. The van der Waals surface area contributed by atoms with E-state index in [0.717, 1.165) is 62.5 Å². The van der Waals surface area contributed by atoms with Crippen LogP contribution in [0.25, 0.3) is 22.8 Å². The molecule has 0 radical (unpaired) electrons. The van der Waals surface area contributed by atoms with Gasteiger partial charge < -0.3 is 34.3 Å². The number of anilines is 2. The van der Waals surface area contributed by atoms with Crippen molar-refractivity contribution >= 4 is 35.0 Å². The van der Waals surface area contributed by atoms with E-state index >= 15 is 0 Å². The molecule has 3 heterocycles. The molecule has 2 aromatic carbocycles. The molecular weight excluding hydrogens is 771 g/mol. The van der Waals surface area contributed by atoms with Gasteiger partial charge in [0, 0.05) is 72.4 Å². The number of carbonyl (C=O) groups excluding carboxylic acids is 4. The molecule has 2 saturated heterocycles. The summed E-state index contributed by atoms with van der Waals surface area (Å²) in [5.41, 5.74) is 2.21. The molecule has 7 rings (SSSR count). The third-order valence-corrected chi connectivity index (χ3v) is 12.5. The second-order valence-corrected chi connectivity index (χ2v) is 19.8. The number of hydrogen-bond donors (Lipinski definition) is 2. The van der Waals surface area contributed by atoms with Crippen LogP contribution < -0.4 is 10.6 Å². The zero-order chi connectivity index (χ0) is 43.3. The molecule has 2 saturated carbocycles. The summed E-state index contributed by atoms with van der Waals surface area (Å²) in [6, 6.07) is 14.4. The van der Waals surface area contributed by atoms with E-state index in [1.165, 1.54) is 12.8 Å². The van der Waals surface area contributed by atoms with Gasteiger partial charge in [-0.25, -0.2) is 4.98 Å². The Morgan fingerprint density at radius 2 is 1.03 bits per heavy atom. The van der Waals surface area contributed by atoms with Crippen molar-refractivity contribution in [3.05, 3.63) is 54.7 Å². The van der Waals surface area contributed by atoms with Gasteiger partial charge in [-0.1, -0.05) is 38.5 Å². The summed E-state index contributed by atoms with van der Waals surface area (Å²) in [6.45, 7) is 13.2. The lowest BCUT2D eigenvalue weighted by Crippen LogP contribution is -2.42. The number of carbonyl (C=O) groups is 4. The van der Waals surface area contributed by atoms with Crippen molar-refractivity contribution in [2.45, 2.75) is 167 Å². The fraction of sp³-hybridized carbons (Fsp3) is 0.612. The Hall–Kier alpha value is -4.55. The molecule has 2 aliphatic carbocycles. The van der Waals surface area contributed by atoms with Crippen molar-refractivity contribution in [1.29, 1.82) is 0 Å². The predicted octanol–water partition coefficient (Wildman–Crippen LogP) is 9.40. The molecule has 0 unspecified atom stereocenters. The van der Waals surface area contributed by atoms with Gasteiger partial charge in [0.2, 0.25) is 29.5 Å². The van der Waals surface area contributed by atoms with Crippen LogP contribution in [0.1, 0.15) is 131 Å². The van der Waals surface area contributed by atoms with E-state index in [4.69, 9.17) is 13.9 Å². The molecule has 2 aliphatic heterocycles. The lowest BCUT2D eigenvalue weighted by atomic mass is 9.88. The summed E-state index contributed by atoms with van der Waals surface area (Å²) >= 11 is 0. The lowest BCUT2D eigenvalue weighted by Gasteiger charge is -2.30. The third kappa shape index (κ3) is 12.1. The van der Waals surface area contributed by atoms with Gasteiger partial charge in [-0.05, 0) is 129 Å². The van der Waals surface area contributed by atoms with Gasteiger partial charge in [-0.2, -0.15) is 0 Å². The van der Waals surface area contributed by atoms with Gasteiger partial charge in [0.15, 0.2) is 5.76 Å². The molecule has 12 nitrogen and oxygen atoms in total. The fourth-order valence-electron chi connectivity index (χ4n) is 9.82.